The van der Waals surface area contributed by atoms with Crippen LogP contribution in [0, 0.1) is 0 Å². The number of aliphatic imine (C=N–C) groups is 1. The van der Waals surface area contributed by atoms with Crippen molar-refractivity contribution in [3.05, 3.63) is 42.2 Å². The van der Waals surface area contributed by atoms with E-state index in [1.165, 1.54) is 12.0 Å². The number of halogens is 1. The van der Waals surface area contributed by atoms with Gasteiger partial charge in [0.25, 0.3) is 5.91 Å². The molecule has 0 bridgehead atoms. The zero-order valence-electron chi connectivity index (χ0n) is 13.2. The summed E-state index contributed by atoms with van der Waals surface area (Å²) in [6.07, 6.45) is 0. The number of hydrogen-bond donors (Lipinski definition) is 0. The maximum absolute atomic E-state index is 12.1. The Bertz CT molecular complexity index is 778. The van der Waals surface area contributed by atoms with Crippen LogP contribution in [0.5, 0.6) is 5.75 Å². The molecule has 23 heavy (non-hydrogen) atoms. The predicted molar refractivity (Wildman–Crippen MR) is 92.8 cm³/mol. The lowest BCUT2D eigenvalue weighted by Crippen LogP contribution is -2.22. The molecule has 1 aromatic heterocycles. The first-order chi connectivity index (χ1) is 10.9. The highest BCUT2D eigenvalue weighted by atomic mass is 35.5. The van der Waals surface area contributed by atoms with Crippen molar-refractivity contribution < 1.29 is 13.9 Å². The van der Waals surface area contributed by atoms with E-state index in [0.717, 1.165) is 5.56 Å². The normalized spacial score (nSPS) is 10.3. The van der Waals surface area contributed by atoms with Crippen molar-refractivity contribution in [2.24, 2.45) is 4.99 Å². The molecular weight excluding hydrogens is 316 g/mol. The van der Waals surface area contributed by atoms with Gasteiger partial charge < -0.3 is 14.1 Å². The van der Waals surface area contributed by atoms with E-state index in [9.17, 15) is 4.79 Å². The number of benzene rings is 1. The molecule has 0 saturated heterocycles. The number of ether oxygens (including phenoxy) is 1. The SMILES string of the molecule is C=Nc1cc(-c2ccc(C(=O)N(C)C)c(OC)c2)oc1C(=C)Cl. The molecule has 0 spiro atoms. The lowest BCUT2D eigenvalue weighted by atomic mass is 10.1. The first-order valence-corrected chi connectivity index (χ1v) is 7.12. The topological polar surface area (TPSA) is 55.0 Å². The number of furan rings is 1. The Morgan fingerprint density at radius 1 is 1.35 bits per heavy atom. The molecule has 0 atom stereocenters. The fraction of sp³-hybridized carbons (Fsp3) is 0.176. The molecule has 0 fully saturated rings. The van der Waals surface area contributed by atoms with E-state index in [4.69, 9.17) is 20.8 Å². The molecule has 1 heterocycles. The van der Waals surface area contributed by atoms with Gasteiger partial charge in [0.1, 0.15) is 17.2 Å². The lowest BCUT2D eigenvalue weighted by Gasteiger charge is -2.14. The van der Waals surface area contributed by atoms with Crippen molar-refractivity contribution in [1.29, 1.82) is 0 Å². The van der Waals surface area contributed by atoms with Crippen LogP contribution >= 0.6 is 11.6 Å². The minimum Gasteiger partial charge on any atom is -0.496 e. The van der Waals surface area contributed by atoms with Crippen molar-refractivity contribution in [3.8, 4) is 17.1 Å². The molecule has 1 amide bonds. The van der Waals surface area contributed by atoms with Crippen LogP contribution in [0.1, 0.15) is 16.1 Å². The average Bonchev–Trinajstić information content (AvgIpc) is 2.98. The zero-order chi connectivity index (χ0) is 17.1. The Balaban J connectivity index is 2.51. The number of nitrogens with zero attached hydrogens (tertiary/aromatic N) is 2. The number of amides is 1. The molecule has 5 nitrogen and oxygen atoms in total. The Hall–Kier alpha value is -2.53. The minimum absolute atomic E-state index is 0.142. The quantitative estimate of drug-likeness (QED) is 0.771. The minimum atomic E-state index is -0.142. The third-order valence-electron chi connectivity index (χ3n) is 3.25. The predicted octanol–water partition coefficient (Wildman–Crippen LogP) is 4.20. The van der Waals surface area contributed by atoms with Crippen LogP contribution in [0.3, 0.4) is 0 Å². The number of hydrogen-bond acceptors (Lipinski definition) is 4. The smallest absolute Gasteiger partial charge is 0.257 e. The van der Waals surface area contributed by atoms with Crippen LogP contribution < -0.4 is 4.74 Å². The van der Waals surface area contributed by atoms with Gasteiger partial charge >= 0.3 is 0 Å². The standard InChI is InChI=1S/C17H17ClN2O3/c1-10(18)16-13(19-2)9-14(23-16)11-6-7-12(15(8-11)22-5)17(21)20(3)4/h6-9H,1-2H2,3-5H3. The van der Waals surface area contributed by atoms with Crippen molar-refractivity contribution in [3.63, 3.8) is 0 Å². The summed E-state index contributed by atoms with van der Waals surface area (Å²) in [5.41, 5.74) is 1.70. The highest BCUT2D eigenvalue weighted by Crippen LogP contribution is 2.37. The lowest BCUT2D eigenvalue weighted by molar-refractivity contribution is 0.0824. The molecule has 0 unspecified atom stereocenters. The maximum Gasteiger partial charge on any atom is 0.257 e. The molecule has 0 aliphatic rings. The van der Waals surface area contributed by atoms with Gasteiger partial charge in [0.2, 0.25) is 0 Å². The molecule has 2 rings (SSSR count). The Morgan fingerprint density at radius 3 is 2.52 bits per heavy atom. The third-order valence-corrected chi connectivity index (χ3v) is 3.42. The first kappa shape index (κ1) is 16.8. The summed E-state index contributed by atoms with van der Waals surface area (Å²) >= 11 is 5.90. The van der Waals surface area contributed by atoms with E-state index in [1.807, 2.05) is 0 Å². The molecule has 0 aliphatic carbocycles. The molecular formula is C17H17ClN2O3. The van der Waals surface area contributed by atoms with Gasteiger partial charge in [-0.15, -0.1) is 0 Å². The van der Waals surface area contributed by atoms with Crippen molar-refractivity contribution >= 4 is 34.9 Å². The second kappa shape index (κ2) is 6.71. The van der Waals surface area contributed by atoms with Gasteiger partial charge in [-0.1, -0.05) is 24.2 Å². The van der Waals surface area contributed by atoms with Gasteiger partial charge in [-0.2, -0.15) is 0 Å². The first-order valence-electron chi connectivity index (χ1n) is 6.74. The van der Waals surface area contributed by atoms with E-state index in [-0.39, 0.29) is 10.9 Å². The fourth-order valence-corrected chi connectivity index (χ4v) is 2.23. The van der Waals surface area contributed by atoms with Crippen molar-refractivity contribution in [2.75, 3.05) is 21.2 Å². The molecule has 1 aromatic carbocycles. The van der Waals surface area contributed by atoms with Crippen LogP contribution in [0.15, 0.2) is 40.3 Å². The average molecular weight is 333 g/mol. The van der Waals surface area contributed by atoms with Gasteiger partial charge in [0, 0.05) is 25.7 Å². The second-order valence-corrected chi connectivity index (χ2v) is 5.46. The highest BCUT2D eigenvalue weighted by molar-refractivity contribution is 6.48. The number of carbonyl (C=O) groups is 1. The maximum atomic E-state index is 12.1. The van der Waals surface area contributed by atoms with E-state index in [2.05, 4.69) is 18.3 Å². The van der Waals surface area contributed by atoms with Gasteiger partial charge in [0.15, 0.2) is 5.76 Å². The molecule has 6 heteroatoms. The summed E-state index contributed by atoms with van der Waals surface area (Å²) in [5, 5.41) is 0.241. The summed E-state index contributed by atoms with van der Waals surface area (Å²) in [6.45, 7) is 7.13. The van der Waals surface area contributed by atoms with E-state index < -0.39 is 0 Å². The molecule has 0 radical (unpaired) electrons. The van der Waals surface area contributed by atoms with Gasteiger partial charge in [-0.25, -0.2) is 0 Å². The summed E-state index contributed by atoms with van der Waals surface area (Å²) in [5.74, 6) is 1.21. The van der Waals surface area contributed by atoms with E-state index >= 15 is 0 Å². The summed E-state index contributed by atoms with van der Waals surface area (Å²) in [4.78, 5) is 17.5. The van der Waals surface area contributed by atoms with E-state index in [1.54, 1.807) is 38.4 Å². The van der Waals surface area contributed by atoms with Crippen LogP contribution in [0.4, 0.5) is 5.69 Å². The zero-order valence-corrected chi connectivity index (χ0v) is 14.0. The summed E-state index contributed by atoms with van der Waals surface area (Å²) < 4.78 is 11.0. The number of methoxy groups -OCH3 is 1. The summed E-state index contributed by atoms with van der Waals surface area (Å²) in [7, 11) is 4.88. The Labute approximate surface area is 139 Å². The van der Waals surface area contributed by atoms with E-state index in [0.29, 0.717) is 28.5 Å². The highest BCUT2D eigenvalue weighted by Gasteiger charge is 2.18. The molecule has 0 aliphatic heterocycles. The largest absolute Gasteiger partial charge is 0.496 e. The second-order valence-electron chi connectivity index (χ2n) is 5.00. The van der Waals surface area contributed by atoms with Gasteiger partial charge in [0.05, 0.1) is 17.7 Å². The Kier molecular flexibility index (Phi) is 4.91. The van der Waals surface area contributed by atoms with Crippen molar-refractivity contribution in [2.45, 2.75) is 0 Å². The number of rotatable bonds is 5. The van der Waals surface area contributed by atoms with Crippen LogP contribution in [-0.4, -0.2) is 38.7 Å². The van der Waals surface area contributed by atoms with Crippen LogP contribution in [-0.2, 0) is 0 Å². The van der Waals surface area contributed by atoms with Gasteiger partial charge in [-0.05, 0) is 18.9 Å². The van der Waals surface area contributed by atoms with Crippen molar-refractivity contribution in [1.82, 2.24) is 4.90 Å². The summed E-state index contributed by atoms with van der Waals surface area (Å²) in [6, 6.07) is 6.89. The van der Waals surface area contributed by atoms with Crippen LogP contribution in [0.2, 0.25) is 0 Å². The monoisotopic (exact) mass is 332 g/mol. The third kappa shape index (κ3) is 3.29. The molecule has 0 saturated carbocycles. The van der Waals surface area contributed by atoms with Crippen LogP contribution in [0.25, 0.3) is 16.4 Å². The molecule has 2 aromatic rings. The van der Waals surface area contributed by atoms with Gasteiger partial charge in [-0.3, -0.25) is 9.79 Å². The molecule has 0 N–H and O–H groups in total. The number of carbonyl (C=O) groups excluding carboxylic acids is 1. The fourth-order valence-electron chi connectivity index (χ4n) is 2.10. The molecule has 120 valence electrons. The Morgan fingerprint density at radius 2 is 2.04 bits per heavy atom.